The molecule has 1 fully saturated rings. The molecule has 0 saturated heterocycles. The number of thiophene rings is 1. The molecule has 2 aliphatic rings. The minimum Gasteiger partial charge on any atom is -0.383 e. The normalized spacial score (nSPS) is 24.5. The summed E-state index contributed by atoms with van der Waals surface area (Å²) in [4.78, 5) is 25.8. The van der Waals surface area contributed by atoms with E-state index in [-0.39, 0.29) is 5.78 Å². The highest BCUT2D eigenvalue weighted by Gasteiger charge is 2.42. The molecular formula is C20H22N4OS. The van der Waals surface area contributed by atoms with Crippen LogP contribution in [-0.4, -0.2) is 34.7 Å². The molecule has 0 radical (unpaired) electrons. The summed E-state index contributed by atoms with van der Waals surface area (Å²) in [5.41, 5.74) is 2.15. The van der Waals surface area contributed by atoms with E-state index >= 15 is 0 Å². The maximum atomic E-state index is 12.4. The van der Waals surface area contributed by atoms with Gasteiger partial charge in [-0.2, -0.15) is 5.26 Å². The van der Waals surface area contributed by atoms with Crippen molar-refractivity contribution < 1.29 is 4.79 Å². The number of nitrogens with zero attached hydrogens (tertiary/aromatic N) is 4. The van der Waals surface area contributed by atoms with Crippen LogP contribution in [0.2, 0.25) is 0 Å². The Bertz CT molecular complexity index is 953. The quantitative estimate of drug-likeness (QED) is 0.761. The molecule has 0 aliphatic heterocycles. The van der Waals surface area contributed by atoms with Gasteiger partial charge in [-0.05, 0) is 37.7 Å². The van der Waals surface area contributed by atoms with E-state index in [1.165, 1.54) is 23.3 Å². The molecule has 0 amide bonds. The van der Waals surface area contributed by atoms with Gasteiger partial charge in [0.15, 0.2) is 5.78 Å². The van der Waals surface area contributed by atoms with Crippen LogP contribution in [0, 0.1) is 11.3 Å². The van der Waals surface area contributed by atoms with Gasteiger partial charge in [-0.1, -0.05) is 0 Å². The number of ketones is 1. The number of hydrogen-bond acceptors (Lipinski definition) is 6. The highest BCUT2D eigenvalue weighted by molar-refractivity contribution is 7.18. The lowest BCUT2D eigenvalue weighted by Gasteiger charge is -2.32. The minimum absolute atomic E-state index is 0.141. The fourth-order valence-electron chi connectivity index (χ4n) is 4.23. The van der Waals surface area contributed by atoms with Gasteiger partial charge >= 0.3 is 0 Å². The van der Waals surface area contributed by atoms with E-state index in [0.29, 0.717) is 19.3 Å². The number of nitriles is 1. The summed E-state index contributed by atoms with van der Waals surface area (Å²) < 4.78 is 0. The molecule has 2 aromatic heterocycles. The number of fused-ring (bicyclic) bond motifs is 3. The Hall–Kier alpha value is -2.26. The Morgan fingerprint density at radius 2 is 2.08 bits per heavy atom. The average Bonchev–Trinajstić information content (AvgIpc) is 3.02. The van der Waals surface area contributed by atoms with Crippen LogP contribution in [0.4, 0.5) is 0 Å². The molecule has 4 rings (SSSR count). The first-order valence-corrected chi connectivity index (χ1v) is 9.93. The number of carbonyl (C=O) groups is 1. The smallest absolute Gasteiger partial charge is 0.160 e. The fourth-order valence-corrected chi connectivity index (χ4v) is 5.46. The van der Waals surface area contributed by atoms with E-state index in [1.54, 1.807) is 17.7 Å². The zero-order valence-corrected chi connectivity index (χ0v) is 16.0. The maximum absolute atomic E-state index is 12.4. The van der Waals surface area contributed by atoms with E-state index in [1.807, 2.05) is 25.2 Å². The van der Waals surface area contributed by atoms with E-state index in [9.17, 15) is 10.1 Å². The molecule has 1 unspecified atom stereocenters. The van der Waals surface area contributed by atoms with Gasteiger partial charge < -0.3 is 4.90 Å². The van der Waals surface area contributed by atoms with Crippen molar-refractivity contribution in [2.45, 2.75) is 50.4 Å². The molecule has 0 bridgehead atoms. The predicted octanol–water partition coefficient (Wildman–Crippen LogP) is 3.53. The number of Topliss-reactive ketones (excluding diaryl/α,β-unsaturated/α-hetero) is 1. The summed E-state index contributed by atoms with van der Waals surface area (Å²) in [6.07, 6.45) is 9.33. The molecule has 5 nitrogen and oxygen atoms in total. The Kier molecular flexibility index (Phi) is 4.28. The van der Waals surface area contributed by atoms with Crippen LogP contribution >= 0.6 is 11.3 Å². The Balaban J connectivity index is 1.89. The molecule has 0 spiro atoms. The van der Waals surface area contributed by atoms with Gasteiger partial charge in [-0.15, -0.1) is 11.3 Å². The summed E-state index contributed by atoms with van der Waals surface area (Å²) >= 11 is 1.75. The Morgan fingerprint density at radius 1 is 1.27 bits per heavy atom. The molecule has 0 aromatic carbocycles. The number of aryl methyl sites for hydroxylation is 2. The first-order chi connectivity index (χ1) is 12.5. The summed E-state index contributed by atoms with van der Waals surface area (Å²) in [7, 11) is 3.81. The van der Waals surface area contributed by atoms with Gasteiger partial charge in [0.05, 0.1) is 11.8 Å². The summed E-state index contributed by atoms with van der Waals surface area (Å²) in [6, 6.07) is 2.55. The predicted molar refractivity (Wildman–Crippen MR) is 102 cm³/mol. The average molecular weight is 366 g/mol. The fraction of sp³-hybridized carbons (Fsp3) is 0.500. The number of aromatic nitrogens is 2. The van der Waals surface area contributed by atoms with Crippen molar-refractivity contribution in [1.29, 1.82) is 5.26 Å². The van der Waals surface area contributed by atoms with Gasteiger partial charge in [0.25, 0.3) is 0 Å². The van der Waals surface area contributed by atoms with Crippen molar-refractivity contribution in [2.24, 2.45) is 0 Å². The molecular weight excluding hydrogens is 344 g/mol. The third-order valence-electron chi connectivity index (χ3n) is 5.46. The number of carbonyl (C=O) groups excluding carboxylic acids is 1. The van der Waals surface area contributed by atoms with Crippen molar-refractivity contribution in [2.75, 3.05) is 14.1 Å². The van der Waals surface area contributed by atoms with E-state index in [4.69, 9.17) is 0 Å². The van der Waals surface area contributed by atoms with Crippen molar-refractivity contribution in [3.05, 3.63) is 34.2 Å². The van der Waals surface area contributed by atoms with E-state index in [0.717, 1.165) is 34.3 Å². The first kappa shape index (κ1) is 17.2. The van der Waals surface area contributed by atoms with Gasteiger partial charge in [-0.25, -0.2) is 9.97 Å². The molecule has 1 saturated carbocycles. The lowest BCUT2D eigenvalue weighted by molar-refractivity contribution is -0.117. The van der Waals surface area contributed by atoms with Gasteiger partial charge in [-0.3, -0.25) is 4.79 Å². The van der Waals surface area contributed by atoms with Crippen molar-refractivity contribution in [3.63, 3.8) is 0 Å². The third-order valence-corrected chi connectivity index (χ3v) is 6.66. The van der Waals surface area contributed by atoms with Crippen molar-refractivity contribution >= 4 is 27.3 Å². The van der Waals surface area contributed by atoms with Crippen molar-refractivity contribution in [3.8, 4) is 6.07 Å². The van der Waals surface area contributed by atoms with Gasteiger partial charge in [0, 0.05) is 49.0 Å². The second-order valence-corrected chi connectivity index (χ2v) is 8.61. The Labute approximate surface area is 157 Å². The third kappa shape index (κ3) is 2.71. The molecule has 2 heterocycles. The minimum atomic E-state index is -0.747. The van der Waals surface area contributed by atoms with Crippen LogP contribution < -0.4 is 0 Å². The van der Waals surface area contributed by atoms with Crippen LogP contribution in [0.25, 0.3) is 10.2 Å². The number of rotatable bonds is 2. The molecule has 6 heteroatoms. The standard InChI is InChI=1S/C20H22N4OS/c1-24(2)10-13-9-20(11-21,8-7-15(13)25)18-17-14-5-3-4-6-16(14)26-19(17)23-12-22-18/h10,12H,3-9H2,1-2H3/b13-10+. The zero-order chi connectivity index (χ0) is 18.3. The second kappa shape index (κ2) is 6.48. The summed E-state index contributed by atoms with van der Waals surface area (Å²) in [5.74, 6) is 0.141. The van der Waals surface area contributed by atoms with E-state index in [2.05, 4.69) is 16.0 Å². The van der Waals surface area contributed by atoms with Gasteiger partial charge in [0.2, 0.25) is 0 Å². The van der Waals surface area contributed by atoms with Gasteiger partial charge in [0.1, 0.15) is 16.6 Å². The lowest BCUT2D eigenvalue weighted by atomic mass is 9.69. The molecule has 0 N–H and O–H groups in total. The molecule has 26 heavy (non-hydrogen) atoms. The SMILES string of the molecule is CN(C)/C=C1\CC(C#N)(c2ncnc3sc4c(c23)CCCC4)CCC1=O. The summed E-state index contributed by atoms with van der Waals surface area (Å²) in [6.45, 7) is 0. The van der Waals surface area contributed by atoms with Crippen LogP contribution in [0.15, 0.2) is 18.1 Å². The van der Waals surface area contributed by atoms with Crippen molar-refractivity contribution in [1.82, 2.24) is 14.9 Å². The monoisotopic (exact) mass is 366 g/mol. The first-order valence-electron chi connectivity index (χ1n) is 9.11. The van der Waals surface area contributed by atoms with Crippen LogP contribution in [0.1, 0.15) is 48.2 Å². The topological polar surface area (TPSA) is 69.9 Å². The van der Waals surface area contributed by atoms with E-state index < -0.39 is 5.41 Å². The summed E-state index contributed by atoms with van der Waals surface area (Å²) in [5, 5.41) is 11.3. The second-order valence-electron chi connectivity index (χ2n) is 7.53. The molecule has 134 valence electrons. The zero-order valence-electron chi connectivity index (χ0n) is 15.2. The molecule has 2 aromatic rings. The van der Waals surface area contributed by atoms with Crippen LogP contribution in [0.3, 0.4) is 0 Å². The van der Waals surface area contributed by atoms with Crippen LogP contribution in [-0.2, 0) is 23.1 Å². The molecule has 1 atom stereocenters. The van der Waals surface area contributed by atoms with Crippen LogP contribution in [0.5, 0.6) is 0 Å². The largest absolute Gasteiger partial charge is 0.383 e. The number of allylic oxidation sites excluding steroid dienone is 1. The Morgan fingerprint density at radius 3 is 2.85 bits per heavy atom. The maximum Gasteiger partial charge on any atom is 0.160 e. The lowest BCUT2D eigenvalue weighted by Crippen LogP contribution is -2.34. The highest BCUT2D eigenvalue weighted by atomic mass is 32.1. The highest BCUT2D eigenvalue weighted by Crippen LogP contribution is 2.45. The number of hydrogen-bond donors (Lipinski definition) is 0. The molecule has 2 aliphatic carbocycles.